The van der Waals surface area contributed by atoms with Crippen LogP contribution in [-0.2, 0) is 9.53 Å². The minimum atomic E-state index is -1.19. The van der Waals surface area contributed by atoms with Gasteiger partial charge in [-0.25, -0.2) is 9.59 Å². The van der Waals surface area contributed by atoms with Crippen LogP contribution in [0.15, 0.2) is 18.2 Å². The lowest BCUT2D eigenvalue weighted by atomic mass is 10.1. The summed E-state index contributed by atoms with van der Waals surface area (Å²) in [4.78, 5) is 22.3. The largest absolute Gasteiger partial charge is 0.479 e. The van der Waals surface area contributed by atoms with Gasteiger partial charge in [0.25, 0.3) is 0 Å². The van der Waals surface area contributed by atoms with Crippen molar-refractivity contribution in [2.75, 3.05) is 19.0 Å². The van der Waals surface area contributed by atoms with Gasteiger partial charge < -0.3 is 20.5 Å². The quantitative estimate of drug-likeness (QED) is 0.728. The maximum atomic E-state index is 11.6. The monoisotopic (exact) mass is 288 g/mol. The number of ether oxygens (including phenoxy) is 1. The summed E-state index contributed by atoms with van der Waals surface area (Å²) in [6.07, 6.45) is -1.15. The lowest BCUT2D eigenvalue weighted by molar-refractivity contribution is -0.147. The lowest BCUT2D eigenvalue weighted by Gasteiger charge is -2.12. The van der Waals surface area contributed by atoms with Crippen LogP contribution in [0.2, 0.25) is 0 Å². The van der Waals surface area contributed by atoms with Crippen LogP contribution in [0, 0.1) is 22.7 Å². The van der Waals surface area contributed by atoms with Gasteiger partial charge in [0.1, 0.15) is 12.1 Å². The zero-order valence-electron chi connectivity index (χ0n) is 11.1. The molecule has 1 rings (SSSR count). The first kappa shape index (κ1) is 16.0. The molecule has 0 saturated heterocycles. The van der Waals surface area contributed by atoms with Crippen LogP contribution in [0.25, 0.3) is 0 Å². The molecule has 0 aliphatic carbocycles. The first-order valence-electron chi connectivity index (χ1n) is 5.76. The van der Waals surface area contributed by atoms with E-state index in [0.29, 0.717) is 5.69 Å². The fraction of sp³-hybridized carbons (Fsp3) is 0.231. The van der Waals surface area contributed by atoms with E-state index in [0.717, 1.165) is 0 Å². The molecule has 0 radical (unpaired) electrons. The highest BCUT2D eigenvalue weighted by atomic mass is 16.5. The Hall–Kier alpha value is -3.10. The number of benzene rings is 1. The van der Waals surface area contributed by atoms with E-state index in [1.54, 1.807) is 0 Å². The Morgan fingerprint density at radius 1 is 1.33 bits per heavy atom. The van der Waals surface area contributed by atoms with E-state index in [1.165, 1.54) is 25.3 Å². The highest BCUT2D eigenvalue weighted by Gasteiger charge is 2.17. The number of carbonyl (C=O) groups excluding carboxylic acids is 1. The first-order valence-corrected chi connectivity index (χ1v) is 5.76. The van der Waals surface area contributed by atoms with Gasteiger partial charge >= 0.3 is 12.0 Å². The summed E-state index contributed by atoms with van der Waals surface area (Å²) >= 11 is 0. The van der Waals surface area contributed by atoms with Gasteiger partial charge in [-0.1, -0.05) is 0 Å². The van der Waals surface area contributed by atoms with Crippen LogP contribution in [0.1, 0.15) is 11.1 Å². The summed E-state index contributed by atoms with van der Waals surface area (Å²) in [5.74, 6) is -1.19. The number of anilines is 1. The molecule has 1 unspecified atom stereocenters. The van der Waals surface area contributed by atoms with Crippen molar-refractivity contribution < 1.29 is 19.4 Å². The normalized spacial score (nSPS) is 10.8. The molecule has 0 saturated carbocycles. The molecular weight excluding hydrogens is 276 g/mol. The number of nitrogens with one attached hydrogen (secondary N) is 2. The fourth-order valence-corrected chi connectivity index (χ4v) is 1.44. The van der Waals surface area contributed by atoms with E-state index < -0.39 is 18.1 Å². The molecule has 0 spiro atoms. The predicted octanol–water partition coefficient (Wildman–Crippen LogP) is 0.651. The van der Waals surface area contributed by atoms with Crippen LogP contribution in [0.5, 0.6) is 0 Å². The number of carbonyl (C=O) groups is 2. The number of urea groups is 1. The maximum Gasteiger partial charge on any atom is 0.334 e. The minimum absolute atomic E-state index is 0.135. The summed E-state index contributed by atoms with van der Waals surface area (Å²) < 4.78 is 4.66. The zero-order chi connectivity index (χ0) is 15.8. The van der Waals surface area contributed by atoms with Crippen molar-refractivity contribution >= 4 is 17.7 Å². The van der Waals surface area contributed by atoms with Crippen molar-refractivity contribution in [3.05, 3.63) is 29.3 Å². The number of aliphatic carboxylic acids is 1. The van der Waals surface area contributed by atoms with Crippen molar-refractivity contribution in [3.63, 3.8) is 0 Å². The molecule has 108 valence electrons. The molecule has 0 aliphatic rings. The molecule has 1 aromatic carbocycles. The average Bonchev–Trinajstić information content (AvgIpc) is 2.47. The molecule has 3 N–H and O–H groups in total. The maximum absolute atomic E-state index is 11.6. The Morgan fingerprint density at radius 2 is 2.00 bits per heavy atom. The van der Waals surface area contributed by atoms with E-state index in [9.17, 15) is 9.59 Å². The Balaban J connectivity index is 2.66. The second kappa shape index (κ2) is 7.48. The molecule has 8 nitrogen and oxygen atoms in total. The van der Waals surface area contributed by atoms with E-state index in [1.807, 2.05) is 12.1 Å². The van der Waals surface area contributed by atoms with Gasteiger partial charge in [0.15, 0.2) is 6.10 Å². The highest BCUT2D eigenvalue weighted by Crippen LogP contribution is 2.14. The third kappa shape index (κ3) is 4.49. The summed E-state index contributed by atoms with van der Waals surface area (Å²) in [5, 5.41) is 31.1. The second-order valence-corrected chi connectivity index (χ2v) is 3.88. The smallest absolute Gasteiger partial charge is 0.334 e. The Kier molecular flexibility index (Phi) is 5.68. The van der Waals surface area contributed by atoms with E-state index >= 15 is 0 Å². The molecule has 21 heavy (non-hydrogen) atoms. The number of hydrogen-bond donors (Lipinski definition) is 3. The highest BCUT2D eigenvalue weighted by molar-refractivity contribution is 5.90. The summed E-state index contributed by atoms with van der Waals surface area (Å²) in [5.41, 5.74) is 0.650. The SMILES string of the molecule is COC(CNC(=O)Nc1ccc(C#N)c(C#N)c1)C(=O)O. The summed E-state index contributed by atoms with van der Waals surface area (Å²) in [6.45, 7) is -0.209. The van der Waals surface area contributed by atoms with Gasteiger partial charge in [0, 0.05) is 12.8 Å². The lowest BCUT2D eigenvalue weighted by Crippen LogP contribution is -2.39. The van der Waals surface area contributed by atoms with Crippen LogP contribution in [0.3, 0.4) is 0 Å². The van der Waals surface area contributed by atoms with Crippen LogP contribution in [0.4, 0.5) is 10.5 Å². The molecule has 0 bridgehead atoms. The number of methoxy groups -OCH3 is 1. The van der Waals surface area contributed by atoms with Crippen LogP contribution in [-0.4, -0.2) is 36.9 Å². The van der Waals surface area contributed by atoms with Gasteiger partial charge in [-0.15, -0.1) is 0 Å². The molecule has 1 aromatic rings. The number of rotatable bonds is 5. The van der Waals surface area contributed by atoms with Crippen molar-refractivity contribution in [1.82, 2.24) is 5.32 Å². The van der Waals surface area contributed by atoms with Crippen molar-refractivity contribution in [3.8, 4) is 12.1 Å². The Morgan fingerprint density at radius 3 is 2.52 bits per heavy atom. The summed E-state index contributed by atoms with van der Waals surface area (Å²) in [6, 6.07) is 7.27. The van der Waals surface area contributed by atoms with E-state index in [4.69, 9.17) is 15.6 Å². The van der Waals surface area contributed by atoms with Crippen molar-refractivity contribution in [1.29, 1.82) is 10.5 Å². The number of carboxylic acids is 1. The topological polar surface area (TPSA) is 135 Å². The Labute approximate surface area is 120 Å². The van der Waals surface area contributed by atoms with E-state index in [-0.39, 0.29) is 17.7 Å². The minimum Gasteiger partial charge on any atom is -0.479 e. The molecule has 1 atom stereocenters. The third-order valence-electron chi connectivity index (χ3n) is 2.53. The molecule has 0 aromatic heterocycles. The molecule has 8 heteroatoms. The molecule has 0 heterocycles. The van der Waals surface area contributed by atoms with Crippen LogP contribution < -0.4 is 10.6 Å². The van der Waals surface area contributed by atoms with Gasteiger partial charge in [0.05, 0.1) is 17.7 Å². The predicted molar refractivity (Wildman–Crippen MR) is 71.3 cm³/mol. The van der Waals surface area contributed by atoms with Gasteiger partial charge in [-0.05, 0) is 18.2 Å². The molecule has 0 aliphatic heterocycles. The van der Waals surface area contributed by atoms with Gasteiger partial charge in [-0.3, -0.25) is 0 Å². The number of amides is 2. The van der Waals surface area contributed by atoms with Gasteiger partial charge in [-0.2, -0.15) is 10.5 Å². The average molecular weight is 288 g/mol. The number of carboxylic acid groups (broad SMARTS) is 1. The molecular formula is C13H12N4O4. The third-order valence-corrected chi connectivity index (χ3v) is 2.53. The second-order valence-electron chi connectivity index (χ2n) is 3.88. The number of nitriles is 2. The van der Waals surface area contributed by atoms with E-state index in [2.05, 4.69) is 15.4 Å². The standard InChI is InChI=1S/C13H12N4O4/c1-21-11(12(18)19)7-16-13(20)17-10-3-2-8(5-14)9(4-10)6-15/h2-4,11H,7H2,1H3,(H,18,19)(H2,16,17,20). The van der Waals surface area contributed by atoms with Crippen molar-refractivity contribution in [2.45, 2.75) is 6.10 Å². The first-order chi connectivity index (χ1) is 10.0. The zero-order valence-corrected chi connectivity index (χ0v) is 11.1. The van der Waals surface area contributed by atoms with Gasteiger partial charge in [0.2, 0.25) is 0 Å². The number of nitrogens with zero attached hydrogens (tertiary/aromatic N) is 2. The fourth-order valence-electron chi connectivity index (χ4n) is 1.44. The Bertz CT molecular complexity index is 630. The molecule has 2 amide bonds. The number of hydrogen-bond acceptors (Lipinski definition) is 5. The molecule has 0 fully saturated rings. The summed E-state index contributed by atoms with van der Waals surface area (Å²) in [7, 11) is 1.22. The van der Waals surface area contributed by atoms with Crippen LogP contribution >= 0.6 is 0 Å². The van der Waals surface area contributed by atoms with Crippen molar-refractivity contribution in [2.24, 2.45) is 0 Å².